The van der Waals surface area contributed by atoms with E-state index in [0.717, 1.165) is 16.9 Å². The van der Waals surface area contributed by atoms with Gasteiger partial charge in [-0.05, 0) is 61.6 Å². The summed E-state index contributed by atoms with van der Waals surface area (Å²) in [5.41, 5.74) is 4.05. The van der Waals surface area contributed by atoms with Crippen molar-refractivity contribution < 1.29 is 19.2 Å². The van der Waals surface area contributed by atoms with Gasteiger partial charge >= 0.3 is 5.97 Å². The zero-order valence-electron chi connectivity index (χ0n) is 20.5. The van der Waals surface area contributed by atoms with Gasteiger partial charge in [0.05, 0.1) is 11.5 Å². The summed E-state index contributed by atoms with van der Waals surface area (Å²) >= 11 is 1.27. The Balaban J connectivity index is 1.66. The van der Waals surface area contributed by atoms with Gasteiger partial charge in [0.2, 0.25) is 0 Å². The molecule has 0 radical (unpaired) electrons. The number of hydrogen-bond acceptors (Lipinski definition) is 6. The molecule has 0 spiro atoms. The van der Waals surface area contributed by atoms with Gasteiger partial charge in [-0.25, -0.2) is 4.79 Å². The smallest absolute Gasteiger partial charge is 0.341 e. The predicted octanol–water partition coefficient (Wildman–Crippen LogP) is 6.85. The van der Waals surface area contributed by atoms with E-state index >= 15 is 0 Å². The summed E-state index contributed by atoms with van der Waals surface area (Å²) in [4.78, 5) is 37.8. The number of nitrogens with zero attached hydrogens (tertiary/aromatic N) is 1. The van der Waals surface area contributed by atoms with Crippen LogP contribution in [-0.4, -0.2) is 23.4 Å². The first-order chi connectivity index (χ1) is 17.9. The number of esters is 1. The van der Waals surface area contributed by atoms with Crippen LogP contribution in [0.25, 0.3) is 11.1 Å². The zero-order chi connectivity index (χ0) is 26.4. The molecule has 1 N–H and O–H groups in total. The Bertz CT molecular complexity index is 1430. The van der Waals surface area contributed by atoms with E-state index in [1.54, 1.807) is 25.1 Å². The number of thiophene rings is 1. The first-order valence-corrected chi connectivity index (χ1v) is 12.7. The fourth-order valence-electron chi connectivity index (χ4n) is 4.18. The highest BCUT2D eigenvalue weighted by molar-refractivity contribution is 7.17. The Hall–Kier alpha value is -4.30. The average molecular weight is 515 g/mol. The lowest BCUT2D eigenvalue weighted by Gasteiger charge is -2.12. The molecule has 0 aliphatic heterocycles. The van der Waals surface area contributed by atoms with Gasteiger partial charge in [0, 0.05) is 28.1 Å². The largest absolute Gasteiger partial charge is 0.462 e. The maximum absolute atomic E-state index is 13.4. The summed E-state index contributed by atoms with van der Waals surface area (Å²) in [7, 11) is 0. The van der Waals surface area contributed by atoms with Crippen molar-refractivity contribution in [2.24, 2.45) is 0 Å². The number of rotatable bonds is 9. The maximum atomic E-state index is 13.4. The van der Waals surface area contributed by atoms with Gasteiger partial charge in [-0.1, -0.05) is 48.5 Å². The summed E-state index contributed by atoms with van der Waals surface area (Å²) in [6.45, 7) is 3.72. The summed E-state index contributed by atoms with van der Waals surface area (Å²) in [5, 5.41) is 14.4. The summed E-state index contributed by atoms with van der Waals surface area (Å²) < 4.78 is 5.31. The highest BCUT2D eigenvalue weighted by Crippen LogP contribution is 2.41. The van der Waals surface area contributed by atoms with E-state index in [1.165, 1.54) is 29.0 Å². The topological polar surface area (TPSA) is 98.5 Å². The molecule has 0 atom stereocenters. The lowest BCUT2D eigenvalue weighted by Crippen LogP contribution is -2.16. The molecule has 0 unspecified atom stereocenters. The minimum Gasteiger partial charge on any atom is -0.462 e. The van der Waals surface area contributed by atoms with Crippen LogP contribution < -0.4 is 5.32 Å². The molecule has 1 aromatic heterocycles. The number of nitrogens with one attached hydrogen (secondary N) is 1. The molecule has 0 fully saturated rings. The SMILES string of the molecule is CCOC(=O)c1c(NC(=O)c2ccccc2CCc2ccccc2)sc(C)c1-c1ccc([N+](=O)[O-])cc1. The van der Waals surface area contributed by atoms with Crippen molar-refractivity contribution in [2.75, 3.05) is 11.9 Å². The number of aryl methyl sites for hydroxylation is 3. The number of nitro groups is 1. The van der Waals surface area contributed by atoms with E-state index in [2.05, 4.69) is 17.4 Å². The van der Waals surface area contributed by atoms with E-state index in [4.69, 9.17) is 4.74 Å². The van der Waals surface area contributed by atoms with Crippen LogP contribution in [0.1, 0.15) is 43.6 Å². The Morgan fingerprint density at radius 1 is 0.946 bits per heavy atom. The van der Waals surface area contributed by atoms with Crippen molar-refractivity contribution in [1.82, 2.24) is 0 Å². The predicted molar refractivity (Wildman–Crippen MR) is 145 cm³/mol. The molecule has 0 aliphatic rings. The Morgan fingerprint density at radius 3 is 2.30 bits per heavy atom. The zero-order valence-corrected chi connectivity index (χ0v) is 21.3. The van der Waals surface area contributed by atoms with Crippen LogP contribution >= 0.6 is 11.3 Å². The van der Waals surface area contributed by atoms with Crippen molar-refractivity contribution in [3.63, 3.8) is 0 Å². The van der Waals surface area contributed by atoms with Crippen LogP contribution in [0.4, 0.5) is 10.7 Å². The number of anilines is 1. The van der Waals surface area contributed by atoms with Crippen molar-refractivity contribution in [3.8, 4) is 11.1 Å². The summed E-state index contributed by atoms with van der Waals surface area (Å²) in [5.74, 6) is -0.876. The van der Waals surface area contributed by atoms with Gasteiger partial charge < -0.3 is 10.1 Å². The number of nitro benzene ring substituents is 1. The van der Waals surface area contributed by atoms with Crippen molar-refractivity contribution in [3.05, 3.63) is 116 Å². The van der Waals surface area contributed by atoms with Crippen molar-refractivity contribution in [1.29, 1.82) is 0 Å². The normalized spacial score (nSPS) is 10.6. The van der Waals surface area contributed by atoms with Crippen LogP contribution in [0.3, 0.4) is 0 Å². The molecule has 7 nitrogen and oxygen atoms in total. The lowest BCUT2D eigenvalue weighted by atomic mass is 9.99. The van der Waals surface area contributed by atoms with Crippen molar-refractivity contribution in [2.45, 2.75) is 26.7 Å². The number of amides is 1. The molecule has 188 valence electrons. The lowest BCUT2D eigenvalue weighted by molar-refractivity contribution is -0.384. The molecule has 1 heterocycles. The van der Waals surface area contributed by atoms with Gasteiger partial charge in [0.1, 0.15) is 10.6 Å². The molecule has 8 heteroatoms. The minimum atomic E-state index is -0.562. The molecule has 4 rings (SSSR count). The third kappa shape index (κ3) is 5.92. The van der Waals surface area contributed by atoms with Gasteiger partial charge in [-0.15, -0.1) is 11.3 Å². The Morgan fingerprint density at radius 2 is 1.62 bits per heavy atom. The van der Waals surface area contributed by atoms with E-state index in [1.807, 2.05) is 43.3 Å². The van der Waals surface area contributed by atoms with Gasteiger partial charge in [-0.2, -0.15) is 0 Å². The third-order valence-electron chi connectivity index (χ3n) is 5.95. The molecule has 3 aromatic carbocycles. The number of hydrogen-bond donors (Lipinski definition) is 1. The molecular weight excluding hydrogens is 488 g/mol. The Labute approximate surface area is 218 Å². The van der Waals surface area contributed by atoms with E-state index in [9.17, 15) is 19.7 Å². The standard InChI is InChI=1S/C29H26N2O5S/c1-3-36-29(33)26-25(22-15-17-23(18-16-22)31(34)35)19(2)37-28(26)30-27(32)24-12-8-7-11-21(24)14-13-20-9-5-4-6-10-20/h4-12,15-18H,3,13-14H2,1-2H3,(H,30,32). The minimum absolute atomic E-state index is 0.0463. The molecule has 1 amide bonds. The van der Waals surface area contributed by atoms with E-state index in [-0.39, 0.29) is 23.8 Å². The van der Waals surface area contributed by atoms with Crippen LogP contribution in [0.2, 0.25) is 0 Å². The summed E-state index contributed by atoms with van der Waals surface area (Å²) in [6, 6.07) is 23.5. The number of carbonyl (C=O) groups excluding carboxylic acids is 2. The van der Waals surface area contributed by atoms with Crippen LogP contribution in [-0.2, 0) is 17.6 Å². The molecule has 37 heavy (non-hydrogen) atoms. The van der Waals surface area contributed by atoms with Crippen LogP contribution in [0, 0.1) is 17.0 Å². The van der Waals surface area contributed by atoms with Crippen molar-refractivity contribution >= 4 is 33.9 Å². The Kier molecular flexibility index (Phi) is 8.10. The number of ether oxygens (including phenoxy) is 1. The first-order valence-electron chi connectivity index (χ1n) is 11.9. The third-order valence-corrected chi connectivity index (χ3v) is 6.97. The molecule has 0 saturated carbocycles. The quantitative estimate of drug-likeness (QED) is 0.150. The summed E-state index contributed by atoms with van der Waals surface area (Å²) in [6.07, 6.45) is 1.48. The van der Waals surface area contributed by atoms with E-state index in [0.29, 0.717) is 28.1 Å². The first kappa shape index (κ1) is 25.8. The second-order valence-electron chi connectivity index (χ2n) is 8.36. The van der Waals surface area contributed by atoms with Gasteiger partial charge in [-0.3, -0.25) is 14.9 Å². The molecule has 0 aliphatic carbocycles. The van der Waals surface area contributed by atoms with Crippen LogP contribution in [0.15, 0.2) is 78.9 Å². The van der Waals surface area contributed by atoms with Gasteiger partial charge in [0.25, 0.3) is 11.6 Å². The molecular formula is C29H26N2O5S. The fraction of sp³-hybridized carbons (Fsp3) is 0.172. The maximum Gasteiger partial charge on any atom is 0.341 e. The molecule has 0 saturated heterocycles. The molecule has 4 aromatic rings. The monoisotopic (exact) mass is 514 g/mol. The average Bonchev–Trinajstić information content (AvgIpc) is 3.23. The molecule has 0 bridgehead atoms. The van der Waals surface area contributed by atoms with E-state index < -0.39 is 10.9 Å². The number of benzene rings is 3. The highest BCUT2D eigenvalue weighted by atomic mass is 32.1. The second-order valence-corrected chi connectivity index (χ2v) is 9.58. The number of non-ortho nitro benzene ring substituents is 1. The van der Waals surface area contributed by atoms with Gasteiger partial charge in [0.15, 0.2) is 0 Å². The second kappa shape index (κ2) is 11.6. The fourth-order valence-corrected chi connectivity index (χ4v) is 5.24. The highest BCUT2D eigenvalue weighted by Gasteiger charge is 2.26. The van der Waals surface area contributed by atoms with Crippen LogP contribution in [0.5, 0.6) is 0 Å². The number of carbonyl (C=O) groups is 2.